The van der Waals surface area contributed by atoms with Gasteiger partial charge >= 0.3 is 0 Å². The Morgan fingerprint density at radius 1 is 1.12 bits per heavy atom. The summed E-state index contributed by atoms with van der Waals surface area (Å²) in [6.45, 7) is 8.31. The molecule has 2 atom stereocenters. The van der Waals surface area contributed by atoms with Crippen LogP contribution in [0.5, 0.6) is 0 Å². The molecule has 1 amide bonds. The first-order valence-electron chi connectivity index (χ1n) is 11.5. The van der Waals surface area contributed by atoms with Crippen molar-refractivity contribution < 1.29 is 17.9 Å². The Balaban J connectivity index is 1.63. The highest BCUT2D eigenvalue weighted by molar-refractivity contribution is 7.89. The van der Waals surface area contributed by atoms with E-state index in [0.717, 1.165) is 22.2 Å². The van der Waals surface area contributed by atoms with Crippen molar-refractivity contribution in [2.75, 3.05) is 26.8 Å². The summed E-state index contributed by atoms with van der Waals surface area (Å²) in [4.78, 5) is 18.1. The quantitative estimate of drug-likeness (QED) is 0.510. The number of thiazole rings is 1. The average molecular weight is 502 g/mol. The second kappa shape index (κ2) is 10.1. The molecule has 0 radical (unpaired) electrons. The molecule has 1 saturated heterocycles. The SMILES string of the molecule is COCCn1c(=NC(=O)c2ccc(S(=O)(=O)N3C[C@@H](C)C[C@H](C)C3)cc2)sc2cc(C)ccc21. The Hall–Kier alpha value is -2.33. The number of aryl methyl sites for hydroxylation is 1. The van der Waals surface area contributed by atoms with Gasteiger partial charge in [0.15, 0.2) is 4.80 Å². The summed E-state index contributed by atoms with van der Waals surface area (Å²) in [6, 6.07) is 12.3. The van der Waals surface area contributed by atoms with E-state index in [4.69, 9.17) is 4.74 Å². The number of amides is 1. The van der Waals surface area contributed by atoms with E-state index in [9.17, 15) is 13.2 Å². The fraction of sp³-hybridized carbons (Fsp3) is 0.440. The van der Waals surface area contributed by atoms with Crippen LogP contribution in [0, 0.1) is 18.8 Å². The first-order valence-corrected chi connectivity index (χ1v) is 13.7. The fourth-order valence-electron chi connectivity index (χ4n) is 4.54. The van der Waals surface area contributed by atoms with Crippen LogP contribution in [0.2, 0.25) is 0 Å². The third-order valence-electron chi connectivity index (χ3n) is 6.13. The van der Waals surface area contributed by atoms with Gasteiger partial charge in [-0.15, -0.1) is 0 Å². The van der Waals surface area contributed by atoms with Gasteiger partial charge in [0.2, 0.25) is 10.0 Å². The van der Waals surface area contributed by atoms with Crippen LogP contribution in [0.25, 0.3) is 10.2 Å². The van der Waals surface area contributed by atoms with Crippen LogP contribution in [0.15, 0.2) is 52.4 Å². The predicted molar refractivity (Wildman–Crippen MR) is 134 cm³/mol. The summed E-state index contributed by atoms with van der Waals surface area (Å²) in [5.74, 6) is 0.250. The smallest absolute Gasteiger partial charge is 0.279 e. The molecule has 4 rings (SSSR count). The lowest BCUT2D eigenvalue weighted by atomic mass is 9.94. The van der Waals surface area contributed by atoms with E-state index in [2.05, 4.69) is 24.9 Å². The number of ether oxygens (including phenoxy) is 1. The van der Waals surface area contributed by atoms with E-state index in [1.807, 2.05) is 23.6 Å². The molecule has 0 spiro atoms. The summed E-state index contributed by atoms with van der Waals surface area (Å²) < 4.78 is 36.1. The maximum absolute atomic E-state index is 13.1. The summed E-state index contributed by atoms with van der Waals surface area (Å²) in [6.07, 6.45) is 1.03. The Morgan fingerprint density at radius 3 is 2.44 bits per heavy atom. The topological polar surface area (TPSA) is 81.0 Å². The minimum absolute atomic E-state index is 0.206. The third-order valence-corrected chi connectivity index (χ3v) is 9.02. The lowest BCUT2D eigenvalue weighted by Gasteiger charge is -2.34. The maximum Gasteiger partial charge on any atom is 0.279 e. The number of rotatable bonds is 6. The largest absolute Gasteiger partial charge is 0.383 e. The van der Waals surface area contributed by atoms with Crippen molar-refractivity contribution in [3.05, 3.63) is 58.4 Å². The molecule has 1 aliphatic heterocycles. The molecule has 1 aliphatic rings. The number of methoxy groups -OCH3 is 1. The van der Waals surface area contributed by atoms with Gasteiger partial charge < -0.3 is 9.30 Å². The Morgan fingerprint density at radius 2 is 1.79 bits per heavy atom. The highest BCUT2D eigenvalue weighted by atomic mass is 32.2. The molecule has 34 heavy (non-hydrogen) atoms. The standard InChI is InChI=1S/C25H31N3O4S2/c1-17-5-10-22-23(14-17)33-25(28(22)11-12-32-4)26-24(29)20-6-8-21(9-7-20)34(30,31)27-15-18(2)13-19(3)16-27/h5-10,14,18-19H,11-13,15-16H2,1-4H3/t18-,19-/m0/s1. The van der Waals surface area contributed by atoms with E-state index in [1.54, 1.807) is 23.5 Å². The van der Waals surface area contributed by atoms with E-state index in [0.29, 0.717) is 48.4 Å². The van der Waals surface area contributed by atoms with Gasteiger partial charge in [0, 0.05) is 32.3 Å². The minimum Gasteiger partial charge on any atom is -0.383 e. The maximum atomic E-state index is 13.1. The van der Waals surface area contributed by atoms with E-state index in [1.165, 1.54) is 23.5 Å². The van der Waals surface area contributed by atoms with E-state index in [-0.39, 0.29) is 4.90 Å². The van der Waals surface area contributed by atoms with Crippen LogP contribution >= 0.6 is 11.3 Å². The van der Waals surface area contributed by atoms with Crippen molar-refractivity contribution in [1.82, 2.24) is 8.87 Å². The number of sulfonamides is 1. The highest BCUT2D eigenvalue weighted by Crippen LogP contribution is 2.27. The number of benzene rings is 2. The summed E-state index contributed by atoms with van der Waals surface area (Å²) in [5, 5.41) is 0. The van der Waals surface area contributed by atoms with E-state index >= 15 is 0 Å². The van der Waals surface area contributed by atoms with Crippen LogP contribution in [0.3, 0.4) is 0 Å². The third kappa shape index (κ3) is 5.17. The zero-order valence-electron chi connectivity index (χ0n) is 20.0. The number of hydrogen-bond donors (Lipinski definition) is 0. The van der Waals surface area contributed by atoms with Gasteiger partial charge in [-0.25, -0.2) is 8.42 Å². The molecule has 0 saturated carbocycles. The molecule has 182 valence electrons. The minimum atomic E-state index is -3.59. The number of hydrogen-bond acceptors (Lipinski definition) is 5. The van der Waals surface area contributed by atoms with Gasteiger partial charge in [-0.05, 0) is 67.1 Å². The molecule has 0 bridgehead atoms. The summed E-state index contributed by atoms with van der Waals surface area (Å²) >= 11 is 1.46. The summed E-state index contributed by atoms with van der Waals surface area (Å²) in [5.41, 5.74) is 2.50. The molecule has 7 nitrogen and oxygen atoms in total. The molecule has 2 heterocycles. The van der Waals surface area contributed by atoms with Crippen LogP contribution in [-0.4, -0.2) is 50.0 Å². The van der Waals surface area contributed by atoms with Gasteiger partial charge in [-0.3, -0.25) is 4.79 Å². The number of fused-ring (bicyclic) bond motifs is 1. The van der Waals surface area contributed by atoms with Crippen molar-refractivity contribution in [2.45, 2.75) is 38.6 Å². The van der Waals surface area contributed by atoms with Gasteiger partial charge in [0.05, 0.1) is 21.7 Å². The lowest BCUT2D eigenvalue weighted by molar-refractivity contribution is 0.0997. The van der Waals surface area contributed by atoms with Gasteiger partial charge in [-0.1, -0.05) is 31.3 Å². The van der Waals surface area contributed by atoms with Crippen molar-refractivity contribution in [2.24, 2.45) is 16.8 Å². The van der Waals surface area contributed by atoms with Gasteiger partial charge in [0.1, 0.15) is 0 Å². The monoisotopic (exact) mass is 501 g/mol. The number of nitrogens with zero attached hydrogens (tertiary/aromatic N) is 3. The Bertz CT molecular complexity index is 1350. The fourth-order valence-corrected chi connectivity index (χ4v) is 7.37. The molecule has 1 fully saturated rings. The van der Waals surface area contributed by atoms with Crippen molar-refractivity contribution in [1.29, 1.82) is 0 Å². The Labute approximate surface area is 204 Å². The number of carbonyl (C=O) groups is 1. The highest BCUT2D eigenvalue weighted by Gasteiger charge is 2.31. The molecule has 0 unspecified atom stereocenters. The number of aromatic nitrogens is 1. The molecule has 0 N–H and O–H groups in total. The first kappa shape index (κ1) is 24.8. The van der Waals surface area contributed by atoms with E-state index < -0.39 is 15.9 Å². The zero-order chi connectivity index (χ0) is 24.5. The van der Waals surface area contributed by atoms with Crippen LogP contribution in [-0.2, 0) is 21.3 Å². The second-order valence-electron chi connectivity index (χ2n) is 9.21. The van der Waals surface area contributed by atoms with Gasteiger partial charge in [-0.2, -0.15) is 9.30 Å². The first-order chi connectivity index (χ1) is 16.2. The van der Waals surface area contributed by atoms with Crippen LogP contribution in [0.1, 0.15) is 36.2 Å². The molecule has 3 aromatic rings. The molecule has 2 aromatic carbocycles. The Kier molecular flexibility index (Phi) is 7.37. The zero-order valence-corrected chi connectivity index (χ0v) is 21.7. The molecular formula is C25H31N3O4S2. The van der Waals surface area contributed by atoms with Crippen LogP contribution < -0.4 is 4.80 Å². The second-order valence-corrected chi connectivity index (χ2v) is 12.2. The van der Waals surface area contributed by atoms with Crippen molar-refractivity contribution in [3.8, 4) is 0 Å². The molecule has 0 aliphatic carbocycles. The van der Waals surface area contributed by atoms with Gasteiger partial charge in [0.25, 0.3) is 5.91 Å². The summed E-state index contributed by atoms with van der Waals surface area (Å²) in [7, 11) is -1.95. The molecular weight excluding hydrogens is 470 g/mol. The van der Waals surface area contributed by atoms with Crippen molar-refractivity contribution >= 4 is 37.5 Å². The lowest BCUT2D eigenvalue weighted by Crippen LogP contribution is -2.42. The predicted octanol–water partition coefficient (Wildman–Crippen LogP) is 4.07. The number of carbonyl (C=O) groups excluding carboxylic acids is 1. The van der Waals surface area contributed by atoms with Crippen molar-refractivity contribution in [3.63, 3.8) is 0 Å². The molecule has 1 aromatic heterocycles. The average Bonchev–Trinajstić information content (AvgIpc) is 3.12. The number of piperidine rings is 1. The normalized spacial score (nSPS) is 20.2. The molecule has 9 heteroatoms. The van der Waals surface area contributed by atoms with Crippen LogP contribution in [0.4, 0.5) is 0 Å².